The zero-order chi connectivity index (χ0) is 21.5. The summed E-state index contributed by atoms with van der Waals surface area (Å²) >= 11 is 0. The average molecular weight is 430 g/mol. The second-order valence-electron chi connectivity index (χ2n) is 9.07. The molecule has 3 N–H and O–H groups in total. The highest BCUT2D eigenvalue weighted by Gasteiger charge is 2.43. The SMILES string of the molecule is Cn1cc(CCN2CC(N3Cc4cn[nH]c4C3)CC(N)[C@H]2C2CC(F)=CC=C2F)cn1. The number of nitrogens with zero attached hydrogens (tertiary/aromatic N) is 5. The van der Waals surface area contributed by atoms with Crippen LogP contribution in [0.3, 0.4) is 0 Å². The molecule has 3 unspecified atom stereocenters. The number of nitrogens with one attached hydrogen (secondary N) is 1. The minimum absolute atomic E-state index is 0.0781. The van der Waals surface area contributed by atoms with Crippen LogP contribution in [0.4, 0.5) is 8.78 Å². The smallest absolute Gasteiger partial charge is 0.105 e. The molecule has 0 aromatic carbocycles. The van der Waals surface area contributed by atoms with Gasteiger partial charge in [0.15, 0.2) is 0 Å². The van der Waals surface area contributed by atoms with Crippen LogP contribution in [-0.2, 0) is 26.6 Å². The molecule has 5 rings (SSSR count). The fourth-order valence-corrected chi connectivity index (χ4v) is 5.42. The Morgan fingerprint density at radius 1 is 1.23 bits per heavy atom. The van der Waals surface area contributed by atoms with E-state index in [4.69, 9.17) is 5.73 Å². The van der Waals surface area contributed by atoms with Crippen molar-refractivity contribution >= 4 is 0 Å². The molecule has 4 atom stereocenters. The predicted octanol–water partition coefficient (Wildman–Crippen LogP) is 2.20. The molecule has 166 valence electrons. The maximum atomic E-state index is 14.8. The van der Waals surface area contributed by atoms with E-state index in [1.807, 2.05) is 25.6 Å². The van der Waals surface area contributed by atoms with Gasteiger partial charge in [-0.05, 0) is 30.6 Å². The molecule has 4 heterocycles. The summed E-state index contributed by atoms with van der Waals surface area (Å²) in [4.78, 5) is 4.71. The highest BCUT2D eigenvalue weighted by atomic mass is 19.1. The molecule has 0 amide bonds. The zero-order valence-corrected chi connectivity index (χ0v) is 17.7. The van der Waals surface area contributed by atoms with Crippen molar-refractivity contribution in [1.82, 2.24) is 29.8 Å². The number of halogens is 2. The summed E-state index contributed by atoms with van der Waals surface area (Å²) in [5.74, 6) is -1.09. The van der Waals surface area contributed by atoms with Crippen molar-refractivity contribution < 1.29 is 8.78 Å². The first-order chi connectivity index (χ1) is 15.0. The molecular weight excluding hydrogens is 400 g/mol. The van der Waals surface area contributed by atoms with E-state index in [1.165, 1.54) is 17.7 Å². The zero-order valence-electron chi connectivity index (χ0n) is 17.7. The second kappa shape index (κ2) is 8.29. The molecule has 7 nitrogen and oxygen atoms in total. The third-order valence-corrected chi connectivity index (χ3v) is 6.96. The number of aromatic nitrogens is 4. The van der Waals surface area contributed by atoms with E-state index in [-0.39, 0.29) is 36.2 Å². The van der Waals surface area contributed by atoms with Crippen LogP contribution in [0.1, 0.15) is 29.7 Å². The number of hydrogen-bond donors (Lipinski definition) is 2. The third kappa shape index (κ3) is 4.09. The summed E-state index contributed by atoms with van der Waals surface area (Å²) in [7, 11) is 1.90. The van der Waals surface area contributed by atoms with E-state index in [0.717, 1.165) is 50.3 Å². The first-order valence-electron chi connectivity index (χ1n) is 10.9. The van der Waals surface area contributed by atoms with Gasteiger partial charge in [-0.2, -0.15) is 10.2 Å². The van der Waals surface area contributed by atoms with Crippen LogP contribution in [0.15, 0.2) is 42.4 Å². The summed E-state index contributed by atoms with van der Waals surface area (Å²) in [6.45, 7) is 3.18. The van der Waals surface area contributed by atoms with Gasteiger partial charge >= 0.3 is 0 Å². The van der Waals surface area contributed by atoms with E-state index in [2.05, 4.69) is 25.1 Å². The molecule has 9 heteroatoms. The first-order valence-corrected chi connectivity index (χ1v) is 10.9. The van der Waals surface area contributed by atoms with Crippen molar-refractivity contribution in [2.24, 2.45) is 18.7 Å². The largest absolute Gasteiger partial charge is 0.326 e. The van der Waals surface area contributed by atoms with Crippen molar-refractivity contribution in [3.05, 3.63) is 59.2 Å². The number of aromatic amines is 1. The summed E-state index contributed by atoms with van der Waals surface area (Å²) < 4.78 is 30.6. The normalized spacial score (nSPS) is 29.7. The molecule has 1 aliphatic carbocycles. The molecule has 2 aliphatic heterocycles. The molecular formula is C22H29F2N7. The number of nitrogens with two attached hydrogens (primary N) is 1. The molecule has 0 radical (unpaired) electrons. The molecule has 0 bridgehead atoms. The van der Waals surface area contributed by atoms with Crippen molar-refractivity contribution in [1.29, 1.82) is 0 Å². The number of hydrogen-bond acceptors (Lipinski definition) is 5. The number of rotatable bonds is 5. The Labute approximate surface area is 180 Å². The van der Waals surface area contributed by atoms with Crippen LogP contribution >= 0.6 is 0 Å². The monoisotopic (exact) mass is 429 g/mol. The van der Waals surface area contributed by atoms with Gasteiger partial charge in [0.1, 0.15) is 11.7 Å². The van der Waals surface area contributed by atoms with E-state index in [0.29, 0.717) is 0 Å². The summed E-state index contributed by atoms with van der Waals surface area (Å²) in [6.07, 6.45) is 9.88. The van der Waals surface area contributed by atoms with Crippen molar-refractivity contribution in [3.63, 3.8) is 0 Å². The molecule has 1 fully saturated rings. The molecule has 0 spiro atoms. The average Bonchev–Trinajstić information content (AvgIpc) is 3.44. The van der Waals surface area contributed by atoms with Gasteiger partial charge in [0.25, 0.3) is 0 Å². The Hall–Kier alpha value is -2.36. The lowest BCUT2D eigenvalue weighted by atomic mass is 9.80. The van der Waals surface area contributed by atoms with Gasteiger partial charge in [-0.3, -0.25) is 19.6 Å². The molecule has 2 aromatic heterocycles. The maximum Gasteiger partial charge on any atom is 0.105 e. The third-order valence-electron chi connectivity index (χ3n) is 6.96. The summed E-state index contributed by atoms with van der Waals surface area (Å²) in [6, 6.07) is -0.206. The minimum Gasteiger partial charge on any atom is -0.326 e. The lowest BCUT2D eigenvalue weighted by Crippen LogP contribution is -2.62. The number of piperidine rings is 1. The Morgan fingerprint density at radius 2 is 2.10 bits per heavy atom. The molecule has 3 aliphatic rings. The lowest BCUT2D eigenvalue weighted by Gasteiger charge is -2.48. The van der Waals surface area contributed by atoms with Crippen LogP contribution in [0.5, 0.6) is 0 Å². The Morgan fingerprint density at radius 3 is 2.87 bits per heavy atom. The van der Waals surface area contributed by atoms with Gasteiger partial charge in [0.2, 0.25) is 0 Å². The fraction of sp³-hybridized carbons (Fsp3) is 0.545. The maximum absolute atomic E-state index is 14.8. The minimum atomic E-state index is -0.537. The Balaban J connectivity index is 1.35. The van der Waals surface area contributed by atoms with Crippen molar-refractivity contribution in [2.75, 3.05) is 13.1 Å². The Kier molecular flexibility index (Phi) is 5.49. The standard InChI is InChI=1S/C22H29F2N7/c1-29-10-14(8-27-29)4-5-30-12-17(31-11-15-9-26-28-21(15)13-31)7-20(25)22(30)18-6-16(23)2-3-19(18)24/h2-3,8-10,17-18,20,22H,4-7,11-13,25H2,1H3,(H,26,28)/t17?,18?,20?,22-/m1/s1. The number of aryl methyl sites for hydroxylation is 1. The van der Waals surface area contributed by atoms with Gasteiger partial charge in [0, 0.05) is 75.5 Å². The van der Waals surface area contributed by atoms with Gasteiger partial charge < -0.3 is 5.73 Å². The van der Waals surface area contributed by atoms with Gasteiger partial charge in [0.05, 0.1) is 18.1 Å². The van der Waals surface area contributed by atoms with Crippen molar-refractivity contribution in [2.45, 2.75) is 50.5 Å². The number of H-pyrrole nitrogens is 1. The lowest BCUT2D eigenvalue weighted by molar-refractivity contribution is 0.0206. The molecule has 31 heavy (non-hydrogen) atoms. The quantitative estimate of drug-likeness (QED) is 0.762. The fourth-order valence-electron chi connectivity index (χ4n) is 5.42. The van der Waals surface area contributed by atoms with Crippen LogP contribution < -0.4 is 5.73 Å². The van der Waals surface area contributed by atoms with Gasteiger partial charge in [-0.25, -0.2) is 8.78 Å². The summed E-state index contributed by atoms with van der Waals surface area (Å²) in [5.41, 5.74) is 10.2. The van der Waals surface area contributed by atoms with E-state index in [9.17, 15) is 8.78 Å². The second-order valence-corrected chi connectivity index (χ2v) is 9.07. The van der Waals surface area contributed by atoms with Gasteiger partial charge in [-0.1, -0.05) is 0 Å². The van der Waals surface area contributed by atoms with E-state index in [1.54, 1.807) is 4.68 Å². The van der Waals surface area contributed by atoms with E-state index >= 15 is 0 Å². The van der Waals surface area contributed by atoms with E-state index < -0.39 is 5.92 Å². The predicted molar refractivity (Wildman–Crippen MR) is 113 cm³/mol. The number of allylic oxidation sites excluding steroid dienone is 3. The highest BCUT2D eigenvalue weighted by molar-refractivity contribution is 5.24. The van der Waals surface area contributed by atoms with Crippen molar-refractivity contribution in [3.8, 4) is 0 Å². The van der Waals surface area contributed by atoms with Crippen LogP contribution in [0, 0.1) is 5.92 Å². The number of likely N-dealkylation sites (tertiary alicyclic amines) is 1. The van der Waals surface area contributed by atoms with Crippen LogP contribution in [0.2, 0.25) is 0 Å². The first kappa shape index (κ1) is 20.5. The Bertz CT molecular complexity index is 973. The molecule has 0 saturated carbocycles. The molecule has 1 saturated heterocycles. The topological polar surface area (TPSA) is 79.0 Å². The number of fused-ring (bicyclic) bond motifs is 1. The van der Waals surface area contributed by atoms with Crippen LogP contribution in [0.25, 0.3) is 0 Å². The van der Waals surface area contributed by atoms with Crippen LogP contribution in [-0.4, -0.2) is 61.0 Å². The molecule has 2 aromatic rings. The summed E-state index contributed by atoms with van der Waals surface area (Å²) in [5, 5.41) is 11.5. The highest BCUT2D eigenvalue weighted by Crippen LogP contribution is 2.37. The van der Waals surface area contributed by atoms with Gasteiger partial charge in [-0.15, -0.1) is 0 Å².